The van der Waals surface area contributed by atoms with Crippen LogP contribution in [0.4, 0.5) is 0 Å². The molecule has 0 aromatic carbocycles. The quantitative estimate of drug-likeness (QED) is 0.687. The van der Waals surface area contributed by atoms with E-state index >= 15 is 0 Å². The Balaban J connectivity index is 2.36. The van der Waals surface area contributed by atoms with E-state index in [0.717, 1.165) is 12.8 Å². The molecule has 6 nitrogen and oxygen atoms in total. The Labute approximate surface area is 119 Å². The Hall–Kier alpha value is -1.59. The molecular weight excluding hydrogens is 260 g/mol. The number of amides is 2. The Bertz CT molecular complexity index is 357. The summed E-state index contributed by atoms with van der Waals surface area (Å²) in [5.41, 5.74) is 0. The highest BCUT2D eigenvalue weighted by molar-refractivity contribution is 5.87. The van der Waals surface area contributed by atoms with E-state index in [1.54, 1.807) is 11.8 Å². The summed E-state index contributed by atoms with van der Waals surface area (Å²) in [4.78, 5) is 36.0. The molecule has 1 rings (SSSR count). The van der Waals surface area contributed by atoms with Gasteiger partial charge in [0, 0.05) is 25.9 Å². The number of hydrogen-bond acceptors (Lipinski definition) is 3. The molecule has 2 N–H and O–H groups in total. The van der Waals surface area contributed by atoms with Gasteiger partial charge in [0.1, 0.15) is 6.04 Å². The maximum atomic E-state index is 12.1. The smallest absolute Gasteiger partial charge is 0.303 e. The van der Waals surface area contributed by atoms with Gasteiger partial charge in [-0.2, -0.15) is 0 Å². The monoisotopic (exact) mass is 284 g/mol. The van der Waals surface area contributed by atoms with Crippen molar-refractivity contribution in [3.8, 4) is 0 Å². The van der Waals surface area contributed by atoms with Gasteiger partial charge in [0.25, 0.3) is 0 Å². The van der Waals surface area contributed by atoms with E-state index in [-0.39, 0.29) is 24.3 Å². The zero-order chi connectivity index (χ0) is 15.0. The highest BCUT2D eigenvalue weighted by Crippen LogP contribution is 2.18. The fourth-order valence-corrected chi connectivity index (χ4v) is 2.44. The molecule has 1 atom stereocenters. The number of unbranched alkanes of at least 4 members (excludes halogenated alkanes) is 1. The van der Waals surface area contributed by atoms with Crippen molar-refractivity contribution in [1.82, 2.24) is 10.2 Å². The lowest BCUT2D eigenvalue weighted by molar-refractivity contribution is -0.142. The molecule has 0 aliphatic carbocycles. The number of carbonyl (C=O) groups is 3. The fraction of sp³-hybridized carbons (Fsp3) is 0.786. The summed E-state index contributed by atoms with van der Waals surface area (Å²) < 4.78 is 0. The summed E-state index contributed by atoms with van der Waals surface area (Å²) >= 11 is 0. The highest BCUT2D eigenvalue weighted by atomic mass is 16.4. The molecule has 1 saturated heterocycles. The predicted molar refractivity (Wildman–Crippen MR) is 74.1 cm³/mol. The topological polar surface area (TPSA) is 86.7 Å². The van der Waals surface area contributed by atoms with E-state index in [9.17, 15) is 14.4 Å². The van der Waals surface area contributed by atoms with Gasteiger partial charge in [0.05, 0.1) is 0 Å². The van der Waals surface area contributed by atoms with E-state index in [4.69, 9.17) is 5.11 Å². The molecule has 20 heavy (non-hydrogen) atoms. The van der Waals surface area contributed by atoms with Gasteiger partial charge in [-0.15, -0.1) is 0 Å². The molecule has 0 aromatic heterocycles. The fourth-order valence-electron chi connectivity index (χ4n) is 2.44. The van der Waals surface area contributed by atoms with Crippen molar-refractivity contribution in [1.29, 1.82) is 0 Å². The number of nitrogens with one attached hydrogen (secondary N) is 1. The number of hydrogen-bond donors (Lipinski definition) is 2. The lowest BCUT2D eigenvalue weighted by atomic mass is 10.0. The normalized spacial score (nSPS) is 18.6. The summed E-state index contributed by atoms with van der Waals surface area (Å²) in [6.07, 6.45) is 4.37. The molecule has 1 unspecified atom stereocenters. The number of likely N-dealkylation sites (tertiary alicyclic amines) is 1. The average molecular weight is 284 g/mol. The minimum Gasteiger partial charge on any atom is -0.481 e. The van der Waals surface area contributed by atoms with Crippen LogP contribution in [-0.4, -0.2) is 46.9 Å². The molecule has 1 aliphatic rings. The Morgan fingerprint density at radius 2 is 2.00 bits per heavy atom. The van der Waals surface area contributed by atoms with Crippen LogP contribution >= 0.6 is 0 Å². The lowest BCUT2D eigenvalue weighted by Crippen LogP contribution is -2.51. The Morgan fingerprint density at radius 3 is 2.65 bits per heavy atom. The number of carboxylic acids is 1. The maximum Gasteiger partial charge on any atom is 0.303 e. The van der Waals surface area contributed by atoms with Crippen LogP contribution in [0, 0.1) is 0 Å². The van der Waals surface area contributed by atoms with E-state index in [1.807, 2.05) is 0 Å². The third kappa shape index (κ3) is 5.19. The summed E-state index contributed by atoms with van der Waals surface area (Å²) in [5.74, 6) is -0.902. The van der Waals surface area contributed by atoms with Crippen molar-refractivity contribution in [2.75, 3.05) is 13.1 Å². The summed E-state index contributed by atoms with van der Waals surface area (Å²) in [6.45, 7) is 2.93. The van der Waals surface area contributed by atoms with Crippen LogP contribution in [0.15, 0.2) is 0 Å². The second kappa shape index (κ2) is 8.55. The molecule has 0 bridgehead atoms. The minimum atomic E-state index is -0.816. The summed E-state index contributed by atoms with van der Waals surface area (Å²) in [6, 6.07) is -0.351. The largest absolute Gasteiger partial charge is 0.481 e. The first-order chi connectivity index (χ1) is 9.56. The van der Waals surface area contributed by atoms with Crippen LogP contribution in [0.2, 0.25) is 0 Å². The van der Waals surface area contributed by atoms with Crippen molar-refractivity contribution >= 4 is 17.8 Å². The van der Waals surface area contributed by atoms with Gasteiger partial charge < -0.3 is 15.3 Å². The van der Waals surface area contributed by atoms with Crippen LogP contribution in [-0.2, 0) is 14.4 Å². The molecule has 2 amide bonds. The Morgan fingerprint density at radius 1 is 1.25 bits per heavy atom. The van der Waals surface area contributed by atoms with Crippen molar-refractivity contribution in [3.63, 3.8) is 0 Å². The molecule has 0 aromatic rings. The third-order valence-electron chi connectivity index (χ3n) is 3.54. The van der Waals surface area contributed by atoms with Crippen molar-refractivity contribution in [2.24, 2.45) is 0 Å². The van der Waals surface area contributed by atoms with E-state index in [2.05, 4.69) is 5.32 Å². The lowest BCUT2D eigenvalue weighted by Gasteiger charge is -2.34. The predicted octanol–water partition coefficient (Wildman–Crippen LogP) is 1.15. The first-order valence-electron chi connectivity index (χ1n) is 7.35. The van der Waals surface area contributed by atoms with Gasteiger partial charge in [0.2, 0.25) is 11.8 Å². The van der Waals surface area contributed by atoms with Crippen LogP contribution in [0.25, 0.3) is 0 Å². The molecule has 0 saturated carbocycles. The van der Waals surface area contributed by atoms with E-state index in [0.29, 0.717) is 38.8 Å². The van der Waals surface area contributed by atoms with Gasteiger partial charge in [0.15, 0.2) is 0 Å². The summed E-state index contributed by atoms with van der Waals surface area (Å²) in [5, 5.41) is 11.3. The minimum absolute atomic E-state index is 0.0238. The van der Waals surface area contributed by atoms with Gasteiger partial charge in [-0.3, -0.25) is 14.4 Å². The first-order valence-corrected chi connectivity index (χ1v) is 7.35. The number of carbonyl (C=O) groups excluding carboxylic acids is 2. The van der Waals surface area contributed by atoms with Crippen molar-refractivity contribution in [3.05, 3.63) is 0 Å². The molecule has 6 heteroatoms. The second-order valence-corrected chi connectivity index (χ2v) is 5.09. The highest BCUT2D eigenvalue weighted by Gasteiger charge is 2.30. The first kappa shape index (κ1) is 16.5. The van der Waals surface area contributed by atoms with Gasteiger partial charge in [-0.1, -0.05) is 6.92 Å². The van der Waals surface area contributed by atoms with E-state index < -0.39 is 5.97 Å². The second-order valence-electron chi connectivity index (χ2n) is 5.09. The molecule has 1 fully saturated rings. The number of piperidine rings is 1. The molecule has 1 aliphatic heterocycles. The number of carboxylic acid groups (broad SMARTS) is 1. The third-order valence-corrected chi connectivity index (χ3v) is 3.54. The van der Waals surface area contributed by atoms with Crippen molar-refractivity contribution in [2.45, 2.75) is 57.9 Å². The number of aliphatic carboxylic acids is 1. The van der Waals surface area contributed by atoms with Crippen molar-refractivity contribution < 1.29 is 19.5 Å². The molecule has 0 spiro atoms. The average Bonchev–Trinajstić information content (AvgIpc) is 2.45. The number of rotatable bonds is 7. The van der Waals surface area contributed by atoms with Crippen LogP contribution in [0.3, 0.4) is 0 Å². The molecule has 114 valence electrons. The zero-order valence-electron chi connectivity index (χ0n) is 12.1. The van der Waals surface area contributed by atoms with Crippen LogP contribution in [0.1, 0.15) is 51.9 Å². The Kier molecular flexibility index (Phi) is 7.04. The SMILES string of the molecule is CCC(=O)N1CCCCC1C(=O)NCCCCC(=O)O. The van der Waals surface area contributed by atoms with Crippen LogP contribution in [0.5, 0.6) is 0 Å². The van der Waals surface area contributed by atoms with Gasteiger partial charge in [-0.05, 0) is 32.1 Å². The maximum absolute atomic E-state index is 12.1. The molecule has 1 heterocycles. The van der Waals surface area contributed by atoms with Gasteiger partial charge >= 0.3 is 5.97 Å². The van der Waals surface area contributed by atoms with E-state index in [1.165, 1.54) is 0 Å². The van der Waals surface area contributed by atoms with Crippen LogP contribution < -0.4 is 5.32 Å². The standard InChI is InChI=1S/C14H24N2O4/c1-2-12(17)16-10-6-4-7-11(16)14(20)15-9-5-3-8-13(18)19/h11H,2-10H2,1H3,(H,15,20)(H,18,19). The van der Waals surface area contributed by atoms with Gasteiger partial charge in [-0.25, -0.2) is 0 Å². The molecule has 0 radical (unpaired) electrons. The summed E-state index contributed by atoms with van der Waals surface area (Å²) in [7, 11) is 0. The zero-order valence-corrected chi connectivity index (χ0v) is 12.1. The molecular formula is C14H24N2O4. The number of nitrogens with zero attached hydrogens (tertiary/aromatic N) is 1.